The van der Waals surface area contributed by atoms with Gasteiger partial charge in [0.1, 0.15) is 5.69 Å². The lowest BCUT2D eigenvalue weighted by Crippen LogP contribution is -2.10. The molecule has 7 nitrogen and oxygen atoms in total. The molecule has 1 aromatic heterocycles. The number of alkyl halides is 3. The Balaban J connectivity index is 1.93. The fourth-order valence-corrected chi connectivity index (χ4v) is 2.62. The van der Waals surface area contributed by atoms with Crippen molar-refractivity contribution in [2.75, 3.05) is 5.32 Å². The Labute approximate surface area is 144 Å². The van der Waals surface area contributed by atoms with Crippen LogP contribution in [0.3, 0.4) is 0 Å². The van der Waals surface area contributed by atoms with Crippen LogP contribution in [0.15, 0.2) is 41.2 Å². The minimum atomic E-state index is -4.67. The van der Waals surface area contributed by atoms with Crippen molar-refractivity contribution < 1.29 is 18.1 Å². The Hall–Kier alpha value is -3.30. The number of nitrogens with one attached hydrogen (secondary N) is 3. The van der Waals surface area contributed by atoms with Gasteiger partial charge in [-0.15, -0.1) is 0 Å². The van der Waals surface area contributed by atoms with E-state index in [0.717, 1.165) is 12.1 Å². The second-order valence-corrected chi connectivity index (χ2v) is 5.74. The molecule has 0 fully saturated rings. The van der Waals surface area contributed by atoms with Crippen molar-refractivity contribution >= 4 is 22.4 Å². The molecule has 0 radical (unpaired) electrons. The zero-order valence-electron chi connectivity index (χ0n) is 13.3. The Morgan fingerprint density at radius 3 is 2.46 bits per heavy atom. The molecule has 3 rings (SSSR count). The third-order valence-electron chi connectivity index (χ3n) is 3.93. The van der Waals surface area contributed by atoms with Gasteiger partial charge >= 0.3 is 11.9 Å². The van der Waals surface area contributed by atoms with Gasteiger partial charge in [-0.05, 0) is 36.8 Å². The van der Waals surface area contributed by atoms with Gasteiger partial charge in [0.25, 0.3) is 5.69 Å². The van der Waals surface area contributed by atoms with E-state index in [-0.39, 0.29) is 11.4 Å². The van der Waals surface area contributed by atoms with Crippen LogP contribution < -0.4 is 11.0 Å². The van der Waals surface area contributed by atoms with E-state index in [0.29, 0.717) is 22.7 Å². The molecule has 1 atom stereocenters. The number of rotatable bonds is 4. The maximum atomic E-state index is 12.8. The number of benzene rings is 2. The first-order valence-corrected chi connectivity index (χ1v) is 7.49. The summed E-state index contributed by atoms with van der Waals surface area (Å²) in [4.78, 5) is 26.8. The topological polar surface area (TPSA) is 104 Å². The fraction of sp³-hybridized carbons (Fsp3) is 0.188. The van der Waals surface area contributed by atoms with Crippen molar-refractivity contribution in [3.8, 4) is 0 Å². The number of H-pyrrole nitrogens is 2. The minimum Gasteiger partial charge on any atom is -0.373 e. The summed E-state index contributed by atoms with van der Waals surface area (Å²) in [6, 6.07) is 6.93. The lowest BCUT2D eigenvalue weighted by Gasteiger charge is -2.17. The minimum absolute atomic E-state index is 0.0295. The van der Waals surface area contributed by atoms with Crippen molar-refractivity contribution in [2.24, 2.45) is 0 Å². The van der Waals surface area contributed by atoms with Gasteiger partial charge in [0, 0.05) is 12.1 Å². The zero-order valence-corrected chi connectivity index (χ0v) is 13.3. The van der Waals surface area contributed by atoms with E-state index in [1.807, 2.05) is 0 Å². The molecule has 0 saturated heterocycles. The van der Waals surface area contributed by atoms with Crippen LogP contribution in [0.4, 0.5) is 24.5 Å². The number of aromatic nitrogens is 2. The molecule has 3 N–H and O–H groups in total. The van der Waals surface area contributed by atoms with Crippen LogP contribution in [0.25, 0.3) is 11.0 Å². The van der Waals surface area contributed by atoms with Crippen LogP contribution in [0, 0.1) is 10.1 Å². The van der Waals surface area contributed by atoms with E-state index < -0.39 is 28.4 Å². The number of nitro benzene ring substituents is 1. The third-order valence-corrected chi connectivity index (χ3v) is 3.93. The summed E-state index contributed by atoms with van der Waals surface area (Å²) in [6.45, 7) is 1.70. The molecule has 0 saturated carbocycles. The summed E-state index contributed by atoms with van der Waals surface area (Å²) in [5.74, 6) is 0. The summed E-state index contributed by atoms with van der Waals surface area (Å²) >= 11 is 0. The normalized spacial score (nSPS) is 12.9. The van der Waals surface area contributed by atoms with E-state index in [2.05, 4.69) is 15.3 Å². The average Bonchev–Trinajstić information content (AvgIpc) is 2.92. The highest BCUT2D eigenvalue weighted by molar-refractivity contribution is 5.75. The molecule has 0 unspecified atom stereocenters. The van der Waals surface area contributed by atoms with Gasteiger partial charge in [-0.2, -0.15) is 13.2 Å². The lowest BCUT2D eigenvalue weighted by atomic mass is 10.1. The van der Waals surface area contributed by atoms with Crippen LogP contribution in [-0.2, 0) is 6.18 Å². The molecule has 10 heteroatoms. The number of nitrogens with zero attached hydrogens (tertiary/aromatic N) is 1. The van der Waals surface area contributed by atoms with Crippen molar-refractivity contribution in [1.29, 1.82) is 0 Å². The van der Waals surface area contributed by atoms with Gasteiger partial charge in [0.05, 0.1) is 21.5 Å². The van der Waals surface area contributed by atoms with Gasteiger partial charge in [0.2, 0.25) is 0 Å². The number of nitro groups is 1. The summed E-state index contributed by atoms with van der Waals surface area (Å²) in [6.07, 6.45) is -4.67. The summed E-state index contributed by atoms with van der Waals surface area (Å²) in [5.41, 5.74) is -0.290. The van der Waals surface area contributed by atoms with Crippen LogP contribution in [0.5, 0.6) is 0 Å². The predicted octanol–water partition coefficient (Wildman–Crippen LogP) is 3.96. The van der Waals surface area contributed by atoms with Gasteiger partial charge in [-0.3, -0.25) is 10.1 Å². The molecule has 0 bridgehead atoms. The highest BCUT2D eigenvalue weighted by atomic mass is 19.4. The molecule has 0 spiro atoms. The number of fused-ring (bicyclic) bond motifs is 1. The molecular formula is C16H13F3N4O3. The van der Waals surface area contributed by atoms with Crippen LogP contribution in [-0.4, -0.2) is 14.9 Å². The quantitative estimate of drug-likeness (QED) is 0.480. The largest absolute Gasteiger partial charge is 0.416 e. The number of anilines is 1. The summed E-state index contributed by atoms with van der Waals surface area (Å²) < 4.78 is 38.3. The van der Waals surface area contributed by atoms with Crippen LogP contribution >= 0.6 is 0 Å². The molecule has 1 heterocycles. The average molecular weight is 366 g/mol. The van der Waals surface area contributed by atoms with E-state index in [1.165, 1.54) is 0 Å². The van der Waals surface area contributed by atoms with Gasteiger partial charge < -0.3 is 15.3 Å². The number of hydrogen-bond donors (Lipinski definition) is 3. The van der Waals surface area contributed by atoms with E-state index >= 15 is 0 Å². The van der Waals surface area contributed by atoms with Gasteiger partial charge in [-0.1, -0.05) is 6.07 Å². The second kappa shape index (κ2) is 6.21. The standard InChI is InChI=1S/C16H13F3N4O3/c1-8(9-2-4-11-13(6-9)22-15(24)21-11)20-12-5-3-10(16(17,18)19)7-14(12)23(25)26/h2-8,20H,1H3,(H2,21,22,24)/t8-/m1/s1. The molecule has 0 amide bonds. The molecular weight excluding hydrogens is 353 g/mol. The first-order valence-electron chi connectivity index (χ1n) is 7.49. The lowest BCUT2D eigenvalue weighted by molar-refractivity contribution is -0.384. The monoisotopic (exact) mass is 366 g/mol. The molecule has 0 aliphatic rings. The first-order chi connectivity index (χ1) is 12.1. The molecule has 2 aromatic carbocycles. The van der Waals surface area contributed by atoms with Crippen LogP contribution in [0.2, 0.25) is 0 Å². The Morgan fingerprint density at radius 1 is 1.12 bits per heavy atom. The summed E-state index contributed by atoms with van der Waals surface area (Å²) in [7, 11) is 0. The number of halogens is 3. The van der Waals surface area contributed by atoms with Crippen molar-refractivity contribution in [1.82, 2.24) is 9.97 Å². The number of imidazole rings is 1. The second-order valence-electron chi connectivity index (χ2n) is 5.74. The summed E-state index contributed by atoms with van der Waals surface area (Å²) in [5, 5.41) is 14.0. The Morgan fingerprint density at radius 2 is 1.81 bits per heavy atom. The molecule has 26 heavy (non-hydrogen) atoms. The zero-order chi connectivity index (χ0) is 19.1. The van der Waals surface area contributed by atoms with E-state index in [1.54, 1.807) is 25.1 Å². The maximum absolute atomic E-state index is 12.8. The number of aromatic amines is 2. The first kappa shape index (κ1) is 17.5. The Bertz CT molecular complexity index is 1040. The molecule has 3 aromatic rings. The fourth-order valence-electron chi connectivity index (χ4n) is 2.62. The molecule has 0 aliphatic carbocycles. The highest BCUT2D eigenvalue weighted by Gasteiger charge is 2.33. The maximum Gasteiger partial charge on any atom is 0.416 e. The highest BCUT2D eigenvalue weighted by Crippen LogP contribution is 2.36. The predicted molar refractivity (Wildman–Crippen MR) is 89.1 cm³/mol. The smallest absolute Gasteiger partial charge is 0.373 e. The van der Waals surface area contributed by atoms with E-state index in [9.17, 15) is 28.1 Å². The number of hydrogen-bond acceptors (Lipinski definition) is 4. The van der Waals surface area contributed by atoms with E-state index in [4.69, 9.17) is 0 Å². The van der Waals surface area contributed by atoms with Crippen molar-refractivity contribution in [2.45, 2.75) is 19.1 Å². The van der Waals surface area contributed by atoms with Crippen molar-refractivity contribution in [3.05, 3.63) is 68.1 Å². The Kier molecular flexibility index (Phi) is 4.18. The van der Waals surface area contributed by atoms with Crippen LogP contribution in [0.1, 0.15) is 24.1 Å². The third kappa shape index (κ3) is 3.39. The van der Waals surface area contributed by atoms with Crippen molar-refractivity contribution in [3.63, 3.8) is 0 Å². The molecule has 136 valence electrons. The molecule has 0 aliphatic heterocycles. The van der Waals surface area contributed by atoms with Gasteiger partial charge in [-0.25, -0.2) is 4.79 Å². The SMILES string of the molecule is C[C@@H](Nc1ccc(C(F)(F)F)cc1[N+](=O)[O-])c1ccc2[nH]c(=O)[nH]c2c1. The van der Waals surface area contributed by atoms with Gasteiger partial charge in [0.15, 0.2) is 0 Å².